The van der Waals surface area contributed by atoms with Gasteiger partial charge >= 0.3 is 0 Å². The van der Waals surface area contributed by atoms with E-state index >= 15 is 0 Å². The molecule has 0 fully saturated rings. The number of rotatable bonds is 0. The molecule has 0 unspecified atom stereocenters. The predicted octanol–water partition coefficient (Wildman–Crippen LogP) is 3.23. The van der Waals surface area contributed by atoms with E-state index in [2.05, 4.69) is 64.5 Å². The van der Waals surface area contributed by atoms with E-state index < -0.39 is 0 Å². The van der Waals surface area contributed by atoms with Gasteiger partial charge < -0.3 is 0 Å². The highest BCUT2D eigenvalue weighted by Crippen LogP contribution is 2.25. The fraction of sp³-hybridized carbons (Fsp3) is 0.0625. The van der Waals surface area contributed by atoms with Crippen molar-refractivity contribution in [2.45, 2.75) is 6.42 Å². The van der Waals surface area contributed by atoms with Crippen molar-refractivity contribution >= 4 is 32.3 Å². The minimum absolute atomic E-state index is 0.984. The maximum atomic E-state index is 4.81. The number of benzene rings is 2. The van der Waals surface area contributed by atoms with E-state index in [9.17, 15) is 0 Å². The van der Waals surface area contributed by atoms with Crippen molar-refractivity contribution in [3.8, 4) is 0 Å². The fourth-order valence-corrected chi connectivity index (χ4v) is 3.27. The lowest BCUT2D eigenvalue weighted by molar-refractivity contribution is 1.28. The van der Waals surface area contributed by atoms with Crippen LogP contribution in [0.3, 0.4) is 0 Å². The van der Waals surface area contributed by atoms with Crippen molar-refractivity contribution in [1.82, 2.24) is 0 Å². The molecule has 86 valence electrons. The highest BCUT2D eigenvalue weighted by Gasteiger charge is 2.15. The van der Waals surface area contributed by atoms with Crippen molar-refractivity contribution in [3.63, 3.8) is 0 Å². The molecule has 1 nitrogen and oxygen atoms in total. The Morgan fingerprint density at radius 2 is 2.06 bits per heavy atom. The van der Waals surface area contributed by atoms with Crippen molar-refractivity contribution in [1.29, 1.82) is 0 Å². The van der Waals surface area contributed by atoms with Gasteiger partial charge in [0.15, 0.2) is 0 Å². The Bertz CT molecular complexity index is 857. The fourth-order valence-electron chi connectivity index (χ4n) is 2.70. The number of hydrogen-bond donors (Lipinski definition) is 0. The summed E-state index contributed by atoms with van der Waals surface area (Å²) in [5.41, 5.74) is 2.47. The summed E-state index contributed by atoms with van der Waals surface area (Å²) in [7, 11) is 0. The van der Waals surface area contributed by atoms with Crippen molar-refractivity contribution in [3.05, 3.63) is 69.3 Å². The summed E-state index contributed by atoms with van der Waals surface area (Å²) in [6.07, 6.45) is 7.36. The van der Waals surface area contributed by atoms with E-state index in [1.165, 1.54) is 21.6 Å². The van der Waals surface area contributed by atoms with Crippen molar-refractivity contribution in [2.24, 2.45) is 4.99 Å². The number of allylic oxidation sites excluding steroid dienone is 4. The summed E-state index contributed by atoms with van der Waals surface area (Å²) < 4.78 is 1.12. The first-order chi connectivity index (χ1) is 8.84. The van der Waals surface area contributed by atoms with E-state index in [1.54, 1.807) is 0 Å². The topological polar surface area (TPSA) is 12.4 Å². The predicted molar refractivity (Wildman–Crippen MR) is 77.7 cm³/mol. The van der Waals surface area contributed by atoms with Gasteiger partial charge in [-0.1, -0.05) is 52.3 Å². The molecule has 0 atom stereocenters. The van der Waals surface area contributed by atoms with Crippen LogP contribution in [0.15, 0.2) is 63.7 Å². The Hall–Kier alpha value is -1.67. The molecule has 4 rings (SSSR count). The lowest BCUT2D eigenvalue weighted by Crippen LogP contribution is -2.24. The van der Waals surface area contributed by atoms with Gasteiger partial charge in [-0.2, -0.15) is 0 Å². The van der Waals surface area contributed by atoms with Crippen LogP contribution in [0, 0.1) is 0 Å². The lowest BCUT2D eigenvalue weighted by Gasteiger charge is -2.03. The first kappa shape index (κ1) is 10.3. The lowest BCUT2D eigenvalue weighted by atomic mass is 10.0. The van der Waals surface area contributed by atoms with Crippen molar-refractivity contribution < 1.29 is 0 Å². The third-order valence-electron chi connectivity index (χ3n) is 3.55. The molecule has 0 saturated heterocycles. The van der Waals surface area contributed by atoms with Gasteiger partial charge in [0.2, 0.25) is 0 Å². The van der Waals surface area contributed by atoms with Gasteiger partial charge in [-0.05, 0) is 29.5 Å². The SMILES string of the molecule is Brc1cccc2ccc3c(c12)=NC1=CC=CCC=31. The second-order valence-electron chi connectivity index (χ2n) is 4.57. The molecule has 2 aromatic rings. The zero-order chi connectivity index (χ0) is 12.1. The van der Waals surface area contributed by atoms with E-state index in [1.807, 2.05) is 0 Å². The highest BCUT2D eigenvalue weighted by atomic mass is 79.9. The standard InChI is InChI=1S/C16H10BrN/c17-13-6-3-4-10-8-9-12-11-5-1-2-7-14(11)18-16(12)15(10)13/h1-4,6-9H,5H2. The minimum atomic E-state index is 0.984. The second kappa shape index (κ2) is 3.66. The monoisotopic (exact) mass is 295 g/mol. The molecule has 2 aromatic carbocycles. The third kappa shape index (κ3) is 1.30. The van der Waals surface area contributed by atoms with E-state index in [4.69, 9.17) is 4.99 Å². The average Bonchev–Trinajstić information content (AvgIpc) is 2.77. The number of fused-ring (bicyclic) bond motifs is 4. The quantitative estimate of drug-likeness (QED) is 0.708. The average molecular weight is 296 g/mol. The van der Waals surface area contributed by atoms with Gasteiger partial charge in [0.05, 0.1) is 11.1 Å². The molecular formula is C16H10BrN. The molecule has 0 saturated carbocycles. The van der Waals surface area contributed by atoms with Gasteiger partial charge in [-0.15, -0.1) is 0 Å². The summed E-state index contributed by atoms with van der Waals surface area (Å²) in [5.74, 6) is 0. The summed E-state index contributed by atoms with van der Waals surface area (Å²) in [4.78, 5) is 4.81. The third-order valence-corrected chi connectivity index (χ3v) is 4.21. The second-order valence-corrected chi connectivity index (χ2v) is 5.43. The van der Waals surface area contributed by atoms with Gasteiger partial charge in [0.1, 0.15) is 0 Å². The summed E-state index contributed by atoms with van der Waals surface area (Å²) >= 11 is 3.65. The first-order valence-electron chi connectivity index (χ1n) is 6.01. The molecule has 18 heavy (non-hydrogen) atoms. The molecule has 1 aliphatic heterocycles. The molecule has 1 aliphatic carbocycles. The van der Waals surface area contributed by atoms with E-state index in [-0.39, 0.29) is 0 Å². The molecule has 0 aromatic heterocycles. The van der Waals surface area contributed by atoms with Crippen LogP contribution in [0.5, 0.6) is 0 Å². The van der Waals surface area contributed by atoms with E-state index in [0.29, 0.717) is 0 Å². The van der Waals surface area contributed by atoms with Crippen LogP contribution < -0.4 is 10.6 Å². The maximum absolute atomic E-state index is 4.81. The highest BCUT2D eigenvalue weighted by molar-refractivity contribution is 9.10. The first-order valence-corrected chi connectivity index (χ1v) is 6.80. The smallest absolute Gasteiger partial charge is 0.0802 e. The molecule has 0 radical (unpaired) electrons. The van der Waals surface area contributed by atoms with Gasteiger partial charge in [-0.25, -0.2) is 4.99 Å². The zero-order valence-corrected chi connectivity index (χ0v) is 11.2. The Labute approximate surface area is 113 Å². The molecule has 2 aliphatic rings. The zero-order valence-electron chi connectivity index (χ0n) is 9.65. The Morgan fingerprint density at radius 1 is 1.11 bits per heavy atom. The summed E-state index contributed by atoms with van der Waals surface area (Å²) in [6.45, 7) is 0. The largest absolute Gasteiger partial charge is 0.247 e. The number of halogens is 1. The molecule has 1 heterocycles. The van der Waals surface area contributed by atoms with Crippen LogP contribution in [0.2, 0.25) is 0 Å². The molecule has 0 amide bonds. The Balaban J connectivity index is 2.27. The van der Waals surface area contributed by atoms with Gasteiger partial charge in [-0.3, -0.25) is 0 Å². The normalized spacial score (nSPS) is 16.3. The van der Waals surface area contributed by atoms with Crippen LogP contribution in [0.25, 0.3) is 16.3 Å². The summed E-state index contributed by atoms with van der Waals surface area (Å²) in [6, 6.07) is 10.7. The van der Waals surface area contributed by atoms with Crippen LogP contribution in [-0.4, -0.2) is 0 Å². The van der Waals surface area contributed by atoms with Gasteiger partial charge in [0, 0.05) is 15.1 Å². The van der Waals surface area contributed by atoms with Gasteiger partial charge in [0.25, 0.3) is 0 Å². The Morgan fingerprint density at radius 3 is 3.00 bits per heavy atom. The summed E-state index contributed by atoms with van der Waals surface area (Å²) in [5, 5.41) is 4.85. The molecule has 0 N–H and O–H groups in total. The minimum Gasteiger partial charge on any atom is -0.247 e. The van der Waals surface area contributed by atoms with Crippen LogP contribution in [0.1, 0.15) is 6.42 Å². The molecule has 0 spiro atoms. The van der Waals surface area contributed by atoms with Crippen LogP contribution in [0.4, 0.5) is 0 Å². The van der Waals surface area contributed by atoms with Crippen molar-refractivity contribution in [2.75, 3.05) is 0 Å². The van der Waals surface area contributed by atoms with Crippen LogP contribution >= 0.6 is 15.9 Å². The molecular weight excluding hydrogens is 286 g/mol. The van der Waals surface area contributed by atoms with Crippen LogP contribution in [-0.2, 0) is 0 Å². The number of hydrogen-bond acceptors (Lipinski definition) is 1. The van der Waals surface area contributed by atoms with E-state index in [0.717, 1.165) is 21.9 Å². The molecule has 2 heteroatoms. The Kier molecular flexibility index (Phi) is 2.09. The maximum Gasteiger partial charge on any atom is 0.0802 e. The molecule has 0 bridgehead atoms. The number of nitrogens with zero attached hydrogens (tertiary/aromatic N) is 1.